The second-order valence-corrected chi connectivity index (χ2v) is 15.8. The lowest BCUT2D eigenvalue weighted by Gasteiger charge is -2.45. The summed E-state index contributed by atoms with van der Waals surface area (Å²) in [4.78, 5) is 24.2. The number of nitrogen functional groups attached to an aromatic ring is 1. The van der Waals surface area contributed by atoms with Crippen LogP contribution < -0.4 is 15.8 Å². The van der Waals surface area contributed by atoms with Gasteiger partial charge in [0.05, 0.1) is 16.3 Å². The Morgan fingerprint density at radius 1 is 1.22 bits per heavy atom. The maximum Gasteiger partial charge on any atom is 0.352 e. The molecule has 45 heavy (non-hydrogen) atoms. The molecule has 3 aromatic rings. The number of carbonyl (C=O) groups excluding carboxylic acids is 1. The molecule has 1 atom stereocenters. The molecule has 0 amide bonds. The molecule has 14 heteroatoms. The third-order valence-corrected chi connectivity index (χ3v) is 10.8. The monoisotopic (exact) mass is 681 g/mol. The summed E-state index contributed by atoms with van der Waals surface area (Å²) in [5.41, 5.74) is 5.55. The smallest absolute Gasteiger partial charge is 0.352 e. The highest BCUT2D eigenvalue weighted by Crippen LogP contribution is 2.47. The van der Waals surface area contributed by atoms with Crippen LogP contribution in [0.2, 0.25) is 5.02 Å². The molecular weight excluding hydrogens is 645 g/mol. The van der Waals surface area contributed by atoms with Crippen LogP contribution in [0.3, 0.4) is 0 Å². The van der Waals surface area contributed by atoms with Gasteiger partial charge in [0, 0.05) is 29.4 Å². The summed E-state index contributed by atoms with van der Waals surface area (Å²) >= 11 is 7.41. The number of carbonyl (C=O) groups is 2. The van der Waals surface area contributed by atoms with E-state index in [2.05, 4.69) is 5.32 Å². The maximum atomic E-state index is 16.1. The number of nitrogens with one attached hydrogen (secondary N) is 1. The van der Waals surface area contributed by atoms with E-state index in [-0.39, 0.29) is 50.1 Å². The van der Waals surface area contributed by atoms with E-state index in [0.717, 1.165) is 11.3 Å². The van der Waals surface area contributed by atoms with Gasteiger partial charge in [-0.2, -0.15) is 4.31 Å². The Hall–Kier alpha value is -3.39. The van der Waals surface area contributed by atoms with Crippen LogP contribution in [-0.2, 0) is 25.3 Å². The zero-order chi connectivity index (χ0) is 33.3. The van der Waals surface area contributed by atoms with E-state index >= 15 is 4.39 Å². The summed E-state index contributed by atoms with van der Waals surface area (Å²) in [6, 6.07) is 11.2. The zero-order valence-electron chi connectivity index (χ0n) is 25.6. The molecule has 0 aliphatic carbocycles. The number of hydrogen-bond acceptors (Lipinski definition) is 9. The van der Waals surface area contributed by atoms with Crippen LogP contribution in [-0.4, -0.2) is 60.1 Å². The summed E-state index contributed by atoms with van der Waals surface area (Å²) in [6.45, 7) is 8.17. The highest BCUT2D eigenvalue weighted by molar-refractivity contribution is 7.88. The van der Waals surface area contributed by atoms with E-state index in [1.54, 1.807) is 57.2 Å². The van der Waals surface area contributed by atoms with Crippen molar-refractivity contribution < 1.29 is 37.0 Å². The van der Waals surface area contributed by atoms with Gasteiger partial charge in [-0.15, -0.1) is 11.3 Å². The van der Waals surface area contributed by atoms with E-state index in [9.17, 15) is 18.0 Å². The molecule has 1 aliphatic heterocycles. The van der Waals surface area contributed by atoms with Gasteiger partial charge in [0.2, 0.25) is 10.0 Å². The molecule has 1 fully saturated rings. The molecule has 0 radical (unpaired) electrons. The molecule has 0 bridgehead atoms. The number of nitrogens with two attached hydrogens (primary N) is 1. The highest BCUT2D eigenvalue weighted by Gasteiger charge is 2.41. The van der Waals surface area contributed by atoms with Crippen LogP contribution in [0.5, 0.6) is 5.75 Å². The number of rotatable bonds is 10. The van der Waals surface area contributed by atoms with Crippen LogP contribution in [0.25, 0.3) is 10.4 Å². The van der Waals surface area contributed by atoms with E-state index in [4.69, 9.17) is 31.9 Å². The molecule has 1 aromatic heterocycles. The Morgan fingerprint density at radius 3 is 2.53 bits per heavy atom. The molecule has 0 unspecified atom stereocenters. The number of piperidine rings is 1. The van der Waals surface area contributed by atoms with E-state index in [0.29, 0.717) is 24.1 Å². The van der Waals surface area contributed by atoms with Gasteiger partial charge in [-0.25, -0.2) is 22.4 Å². The minimum atomic E-state index is -3.67. The fourth-order valence-electron chi connectivity index (χ4n) is 5.32. The normalized spacial score (nSPS) is 17.1. The molecule has 2 aromatic carbocycles. The summed E-state index contributed by atoms with van der Waals surface area (Å²) in [5.74, 6) is -3.08. The number of carboxylic acids is 1. The zero-order valence-corrected chi connectivity index (χ0v) is 28.0. The first-order valence-electron chi connectivity index (χ1n) is 14.2. The van der Waals surface area contributed by atoms with Crippen LogP contribution in [0.1, 0.15) is 62.7 Å². The summed E-state index contributed by atoms with van der Waals surface area (Å²) in [7, 11) is -3.67. The largest absolute Gasteiger partial charge is 0.479 e. The van der Waals surface area contributed by atoms with Crippen molar-refractivity contribution in [2.45, 2.75) is 70.4 Å². The number of hydrogen-bond donors (Lipinski definition) is 3. The van der Waals surface area contributed by atoms with Gasteiger partial charge in [-0.05, 0) is 71.2 Å². The van der Waals surface area contributed by atoms with Crippen molar-refractivity contribution in [3.8, 4) is 16.2 Å². The van der Waals surface area contributed by atoms with E-state index < -0.39 is 45.5 Å². The lowest BCUT2D eigenvalue weighted by molar-refractivity contribution is -0.139. The van der Waals surface area contributed by atoms with Crippen LogP contribution in [0, 0.1) is 5.82 Å². The molecule has 0 saturated carbocycles. The number of halogens is 2. The molecule has 244 valence electrons. The number of esters is 1. The van der Waals surface area contributed by atoms with Crippen molar-refractivity contribution >= 4 is 56.3 Å². The maximum absolute atomic E-state index is 16.1. The number of aliphatic carboxylic acids is 1. The molecule has 1 aliphatic rings. The highest BCUT2D eigenvalue weighted by atomic mass is 35.5. The van der Waals surface area contributed by atoms with Crippen LogP contribution in [0.15, 0.2) is 42.5 Å². The standard InChI is InChI=1S/C31H37ClFN3O7S2/c1-30(2,3)43-29(39)28-26(42-16-23(37)38)24(32)27(44-28)21-10-7-11-22(25(21)33)35-20-12-13-36(31(4,5)15-20)45(40,41)17-18-8-6-9-19(34)14-18/h6-11,14,20,35H,12-13,15-17,34H2,1-5H3,(H,37,38)/t20-/m0/s1. The van der Waals surface area contributed by atoms with Crippen molar-refractivity contribution in [2.24, 2.45) is 0 Å². The number of carboxylic acid groups (broad SMARTS) is 1. The summed E-state index contributed by atoms with van der Waals surface area (Å²) < 4.78 is 55.1. The van der Waals surface area contributed by atoms with Gasteiger partial charge in [-0.1, -0.05) is 35.9 Å². The number of sulfonamides is 1. The molecule has 4 rings (SSSR count). The Labute approximate surface area is 271 Å². The van der Waals surface area contributed by atoms with Gasteiger partial charge in [0.15, 0.2) is 23.1 Å². The fourth-order valence-corrected chi connectivity index (χ4v) is 8.75. The summed E-state index contributed by atoms with van der Waals surface area (Å²) in [6.07, 6.45) is 0.835. The van der Waals surface area contributed by atoms with Crippen LogP contribution in [0.4, 0.5) is 15.8 Å². The van der Waals surface area contributed by atoms with Crippen molar-refractivity contribution in [1.29, 1.82) is 0 Å². The second-order valence-electron chi connectivity index (χ2n) is 12.5. The predicted octanol–water partition coefficient (Wildman–Crippen LogP) is 6.39. The minimum absolute atomic E-state index is 0.0754. The molecular formula is C31H37ClFN3O7S2. The summed E-state index contributed by atoms with van der Waals surface area (Å²) in [5, 5.41) is 12.2. The first-order chi connectivity index (χ1) is 20.9. The lowest BCUT2D eigenvalue weighted by Crippen LogP contribution is -2.55. The minimum Gasteiger partial charge on any atom is -0.479 e. The van der Waals surface area contributed by atoms with Crippen molar-refractivity contribution in [1.82, 2.24) is 4.31 Å². The molecule has 10 nitrogen and oxygen atoms in total. The van der Waals surface area contributed by atoms with Gasteiger partial charge in [0.25, 0.3) is 0 Å². The van der Waals surface area contributed by atoms with Crippen molar-refractivity contribution in [2.75, 3.05) is 24.2 Å². The number of ether oxygens (including phenoxy) is 2. The van der Waals surface area contributed by atoms with Crippen molar-refractivity contribution in [3.05, 3.63) is 63.7 Å². The third kappa shape index (κ3) is 8.26. The van der Waals surface area contributed by atoms with Gasteiger partial charge in [0.1, 0.15) is 10.6 Å². The topological polar surface area (TPSA) is 148 Å². The average Bonchev–Trinajstić information content (AvgIpc) is 3.22. The van der Waals surface area contributed by atoms with E-state index in [1.807, 2.05) is 13.8 Å². The van der Waals surface area contributed by atoms with Gasteiger partial charge in [-0.3, -0.25) is 0 Å². The van der Waals surface area contributed by atoms with Gasteiger partial charge >= 0.3 is 11.9 Å². The first-order valence-corrected chi connectivity index (χ1v) is 17.0. The lowest BCUT2D eigenvalue weighted by atomic mass is 9.89. The Balaban J connectivity index is 1.57. The number of nitrogens with zero attached hydrogens (tertiary/aromatic N) is 1. The Kier molecular flexibility index (Phi) is 10.1. The molecule has 4 N–H and O–H groups in total. The molecule has 0 spiro atoms. The van der Waals surface area contributed by atoms with Crippen molar-refractivity contribution in [3.63, 3.8) is 0 Å². The molecule has 2 heterocycles. The molecule has 1 saturated heterocycles. The number of thiophene rings is 1. The van der Waals surface area contributed by atoms with Crippen LogP contribution >= 0.6 is 22.9 Å². The van der Waals surface area contributed by atoms with E-state index in [1.165, 1.54) is 10.4 Å². The number of anilines is 2. The Morgan fingerprint density at radius 2 is 1.91 bits per heavy atom. The quantitative estimate of drug-likeness (QED) is 0.163. The number of benzene rings is 2. The first kappa shape index (κ1) is 34.5. The predicted molar refractivity (Wildman–Crippen MR) is 174 cm³/mol. The third-order valence-electron chi connectivity index (χ3n) is 7.07. The fraction of sp³-hybridized carbons (Fsp3) is 0.419. The van der Waals surface area contributed by atoms with Gasteiger partial charge < -0.3 is 25.6 Å². The SMILES string of the molecule is CC(C)(C)OC(=O)c1sc(-c2cccc(N[C@H]3CCN(S(=O)(=O)Cc4cccc(N)c4)C(C)(C)C3)c2F)c(Cl)c1OCC(=O)O. The Bertz CT molecular complexity index is 1700. The average molecular weight is 682 g/mol. The second kappa shape index (κ2) is 13.1.